The van der Waals surface area contributed by atoms with E-state index in [1.807, 2.05) is 29.2 Å². The molecule has 1 atom stereocenters. The summed E-state index contributed by atoms with van der Waals surface area (Å²) in [5, 5.41) is 6.32. The number of carbonyl (C=O) groups excluding carboxylic acids is 2. The first-order valence-electron chi connectivity index (χ1n) is 9.08. The van der Waals surface area contributed by atoms with E-state index in [0.29, 0.717) is 25.3 Å². The predicted octanol–water partition coefficient (Wildman–Crippen LogP) is 2.53. The molecule has 1 unspecified atom stereocenters. The number of amides is 2. The highest BCUT2D eigenvalue weighted by Crippen LogP contribution is 2.18. The molecule has 5 nitrogen and oxygen atoms in total. The predicted molar refractivity (Wildman–Crippen MR) is 94.6 cm³/mol. The van der Waals surface area contributed by atoms with Crippen LogP contribution >= 0.6 is 0 Å². The lowest BCUT2D eigenvalue weighted by Gasteiger charge is -2.26. The van der Waals surface area contributed by atoms with Crippen molar-refractivity contribution in [2.45, 2.75) is 45.1 Å². The highest BCUT2D eigenvalue weighted by molar-refractivity contribution is 5.90. The molecule has 0 spiro atoms. The fourth-order valence-corrected chi connectivity index (χ4v) is 3.52. The average Bonchev–Trinajstić information content (AvgIpc) is 3.09. The number of nitrogens with one attached hydrogen (secondary N) is 2. The van der Waals surface area contributed by atoms with Crippen LogP contribution in [0.1, 0.15) is 44.1 Å². The van der Waals surface area contributed by atoms with E-state index in [0.717, 1.165) is 50.1 Å². The van der Waals surface area contributed by atoms with Gasteiger partial charge in [0.05, 0.1) is 0 Å². The SMILES string of the molecule is O=C(CCC1CCNC1)Nc1cccc(CN2CCCCC2=O)c1. The smallest absolute Gasteiger partial charge is 0.224 e. The van der Waals surface area contributed by atoms with E-state index in [4.69, 9.17) is 0 Å². The van der Waals surface area contributed by atoms with Crippen molar-refractivity contribution in [3.63, 3.8) is 0 Å². The van der Waals surface area contributed by atoms with Gasteiger partial charge >= 0.3 is 0 Å². The molecule has 0 radical (unpaired) electrons. The minimum absolute atomic E-state index is 0.0769. The summed E-state index contributed by atoms with van der Waals surface area (Å²) < 4.78 is 0. The van der Waals surface area contributed by atoms with E-state index in [2.05, 4.69) is 10.6 Å². The first-order chi connectivity index (χ1) is 11.7. The van der Waals surface area contributed by atoms with E-state index >= 15 is 0 Å². The molecule has 2 saturated heterocycles. The van der Waals surface area contributed by atoms with Gasteiger partial charge in [-0.1, -0.05) is 12.1 Å². The number of nitrogens with zero attached hydrogens (tertiary/aromatic N) is 1. The third-order valence-corrected chi connectivity index (χ3v) is 4.95. The van der Waals surface area contributed by atoms with Crippen LogP contribution in [-0.4, -0.2) is 36.3 Å². The van der Waals surface area contributed by atoms with E-state index in [9.17, 15) is 9.59 Å². The van der Waals surface area contributed by atoms with Gasteiger partial charge in [0.1, 0.15) is 0 Å². The molecule has 0 aliphatic carbocycles. The first kappa shape index (κ1) is 17.0. The fourth-order valence-electron chi connectivity index (χ4n) is 3.52. The summed E-state index contributed by atoms with van der Waals surface area (Å²) in [6, 6.07) is 7.86. The number of rotatable bonds is 6. The lowest BCUT2D eigenvalue weighted by Crippen LogP contribution is -2.34. The number of likely N-dealkylation sites (tertiary alicyclic amines) is 1. The number of carbonyl (C=O) groups is 2. The van der Waals surface area contributed by atoms with E-state index in [-0.39, 0.29) is 11.8 Å². The highest BCUT2D eigenvalue weighted by Gasteiger charge is 2.18. The van der Waals surface area contributed by atoms with Gasteiger partial charge in [0, 0.05) is 31.6 Å². The molecule has 0 aromatic heterocycles. The molecule has 130 valence electrons. The molecule has 1 aromatic carbocycles. The minimum Gasteiger partial charge on any atom is -0.338 e. The van der Waals surface area contributed by atoms with Crippen molar-refractivity contribution in [3.8, 4) is 0 Å². The summed E-state index contributed by atoms with van der Waals surface area (Å²) in [6.45, 7) is 3.58. The van der Waals surface area contributed by atoms with Crippen molar-refractivity contribution >= 4 is 17.5 Å². The maximum Gasteiger partial charge on any atom is 0.224 e. The van der Waals surface area contributed by atoms with Gasteiger partial charge in [-0.3, -0.25) is 9.59 Å². The maximum atomic E-state index is 12.1. The Morgan fingerprint density at radius 2 is 2.25 bits per heavy atom. The van der Waals surface area contributed by atoms with E-state index < -0.39 is 0 Å². The molecule has 3 rings (SSSR count). The van der Waals surface area contributed by atoms with Crippen LogP contribution in [0, 0.1) is 5.92 Å². The Balaban J connectivity index is 1.50. The van der Waals surface area contributed by atoms with Crippen LogP contribution in [0.2, 0.25) is 0 Å². The molecule has 5 heteroatoms. The van der Waals surface area contributed by atoms with Crippen molar-refractivity contribution < 1.29 is 9.59 Å². The second kappa shape index (κ2) is 8.29. The summed E-state index contributed by atoms with van der Waals surface area (Å²) in [4.78, 5) is 26.0. The topological polar surface area (TPSA) is 61.4 Å². The third-order valence-electron chi connectivity index (χ3n) is 4.95. The van der Waals surface area contributed by atoms with Crippen molar-refractivity contribution in [2.24, 2.45) is 5.92 Å². The minimum atomic E-state index is 0.0769. The van der Waals surface area contributed by atoms with Crippen LogP contribution in [0.4, 0.5) is 5.69 Å². The van der Waals surface area contributed by atoms with Crippen molar-refractivity contribution in [2.75, 3.05) is 25.0 Å². The zero-order valence-corrected chi connectivity index (χ0v) is 14.2. The van der Waals surface area contributed by atoms with Crippen LogP contribution in [0.25, 0.3) is 0 Å². The Kier molecular flexibility index (Phi) is 5.86. The number of piperidine rings is 1. The van der Waals surface area contributed by atoms with Crippen molar-refractivity contribution in [3.05, 3.63) is 29.8 Å². The van der Waals surface area contributed by atoms with Crippen molar-refractivity contribution in [1.82, 2.24) is 10.2 Å². The molecule has 24 heavy (non-hydrogen) atoms. The summed E-state index contributed by atoms with van der Waals surface area (Å²) >= 11 is 0. The van der Waals surface area contributed by atoms with Crippen LogP contribution in [0.3, 0.4) is 0 Å². The fraction of sp³-hybridized carbons (Fsp3) is 0.579. The normalized spacial score (nSPS) is 21.1. The Morgan fingerprint density at radius 3 is 3.04 bits per heavy atom. The van der Waals surface area contributed by atoms with Gasteiger partial charge in [-0.15, -0.1) is 0 Å². The molecule has 0 saturated carbocycles. The molecule has 2 aliphatic heterocycles. The zero-order valence-electron chi connectivity index (χ0n) is 14.2. The van der Waals surface area contributed by atoms with Gasteiger partial charge in [0.25, 0.3) is 0 Å². The molecule has 2 N–H and O–H groups in total. The Labute approximate surface area is 143 Å². The number of anilines is 1. The molecule has 2 heterocycles. The van der Waals surface area contributed by atoms with E-state index in [1.54, 1.807) is 0 Å². The van der Waals surface area contributed by atoms with Crippen LogP contribution in [0.5, 0.6) is 0 Å². The molecular formula is C19H27N3O2. The molecule has 2 amide bonds. The lowest BCUT2D eigenvalue weighted by molar-refractivity contribution is -0.133. The Bertz CT molecular complexity index is 582. The molecule has 0 bridgehead atoms. The van der Waals surface area contributed by atoms with Gasteiger partial charge < -0.3 is 15.5 Å². The first-order valence-corrected chi connectivity index (χ1v) is 9.08. The Hall–Kier alpha value is -1.88. The van der Waals surface area contributed by atoms with Crippen LogP contribution in [-0.2, 0) is 16.1 Å². The molecular weight excluding hydrogens is 302 g/mol. The lowest BCUT2D eigenvalue weighted by atomic mass is 10.0. The quantitative estimate of drug-likeness (QED) is 0.843. The second-order valence-corrected chi connectivity index (χ2v) is 6.92. The monoisotopic (exact) mass is 329 g/mol. The number of benzene rings is 1. The molecule has 2 fully saturated rings. The highest BCUT2D eigenvalue weighted by atomic mass is 16.2. The third kappa shape index (κ3) is 4.81. The van der Waals surface area contributed by atoms with Gasteiger partial charge in [0.2, 0.25) is 11.8 Å². The van der Waals surface area contributed by atoms with Gasteiger partial charge in [0.15, 0.2) is 0 Å². The zero-order chi connectivity index (χ0) is 16.8. The maximum absolute atomic E-state index is 12.1. The van der Waals surface area contributed by atoms with E-state index in [1.165, 1.54) is 6.42 Å². The standard InChI is InChI=1S/C19H27N3O2/c23-18(8-7-15-9-10-20-13-15)21-17-5-3-4-16(12-17)14-22-11-2-1-6-19(22)24/h3-5,12,15,20H,1-2,6-11,13-14H2,(H,21,23). The second-order valence-electron chi connectivity index (χ2n) is 6.92. The summed E-state index contributed by atoms with van der Waals surface area (Å²) in [6.07, 6.45) is 5.43. The number of hydrogen-bond donors (Lipinski definition) is 2. The summed E-state index contributed by atoms with van der Waals surface area (Å²) in [5.41, 5.74) is 1.90. The summed E-state index contributed by atoms with van der Waals surface area (Å²) in [7, 11) is 0. The summed E-state index contributed by atoms with van der Waals surface area (Å²) in [5.74, 6) is 0.946. The Morgan fingerprint density at radius 1 is 1.33 bits per heavy atom. The largest absolute Gasteiger partial charge is 0.338 e. The molecule has 1 aromatic rings. The molecule has 2 aliphatic rings. The van der Waals surface area contributed by atoms with Crippen LogP contribution < -0.4 is 10.6 Å². The van der Waals surface area contributed by atoms with Gasteiger partial charge in [-0.25, -0.2) is 0 Å². The van der Waals surface area contributed by atoms with Gasteiger partial charge in [-0.2, -0.15) is 0 Å². The number of hydrogen-bond acceptors (Lipinski definition) is 3. The van der Waals surface area contributed by atoms with Gasteiger partial charge in [-0.05, 0) is 62.4 Å². The van der Waals surface area contributed by atoms with Crippen LogP contribution in [0.15, 0.2) is 24.3 Å². The van der Waals surface area contributed by atoms with Crippen molar-refractivity contribution in [1.29, 1.82) is 0 Å². The average molecular weight is 329 g/mol.